The summed E-state index contributed by atoms with van der Waals surface area (Å²) in [5, 5.41) is 3.53. The Morgan fingerprint density at radius 1 is 1.06 bits per heavy atom. The third kappa shape index (κ3) is 4.79. The maximum Gasteiger partial charge on any atom is 0.0634 e. The van der Waals surface area contributed by atoms with E-state index in [1.54, 1.807) is 7.11 Å². The lowest BCUT2D eigenvalue weighted by atomic mass is 9.84. The molecule has 18 heavy (non-hydrogen) atoms. The summed E-state index contributed by atoms with van der Waals surface area (Å²) in [6.45, 7) is 10.8. The molecule has 0 aliphatic carbocycles. The molecule has 102 valence electrons. The van der Waals surface area contributed by atoms with Crippen LogP contribution in [0, 0.1) is 0 Å². The van der Waals surface area contributed by atoms with Crippen LogP contribution in [0.4, 0.5) is 0 Å². The van der Waals surface area contributed by atoms with Crippen LogP contribution in [0.5, 0.6) is 0 Å². The van der Waals surface area contributed by atoms with Gasteiger partial charge in [-0.3, -0.25) is 0 Å². The summed E-state index contributed by atoms with van der Waals surface area (Å²) in [4.78, 5) is 0. The van der Waals surface area contributed by atoms with Gasteiger partial charge in [-0.05, 0) is 32.4 Å². The molecule has 1 rings (SSSR count). The molecule has 0 amide bonds. The molecule has 0 aliphatic rings. The molecule has 0 fully saturated rings. The predicted molar refractivity (Wildman–Crippen MR) is 78.0 cm³/mol. The molecule has 2 heteroatoms. The summed E-state index contributed by atoms with van der Waals surface area (Å²) in [6, 6.07) is 10.7. The zero-order valence-electron chi connectivity index (χ0n) is 12.4. The summed E-state index contributed by atoms with van der Waals surface area (Å²) < 4.78 is 5.41. The normalized spacial score (nSPS) is 12.7. The lowest BCUT2D eigenvalue weighted by molar-refractivity contribution is 0.0157. The molecule has 2 nitrogen and oxygen atoms in total. The van der Waals surface area contributed by atoms with E-state index in [1.807, 2.05) is 0 Å². The highest BCUT2D eigenvalue weighted by Gasteiger charge is 2.20. The summed E-state index contributed by atoms with van der Waals surface area (Å²) in [5.74, 6) is 0. The van der Waals surface area contributed by atoms with E-state index in [2.05, 4.69) is 63.3 Å². The van der Waals surface area contributed by atoms with Crippen LogP contribution in [0.1, 0.15) is 39.7 Å². The zero-order chi connectivity index (χ0) is 13.6. The first-order valence-corrected chi connectivity index (χ1v) is 6.69. The number of ether oxygens (including phenoxy) is 1. The van der Waals surface area contributed by atoms with Crippen molar-refractivity contribution in [1.82, 2.24) is 5.32 Å². The maximum absolute atomic E-state index is 5.41. The standard InChI is InChI=1S/C16H27NO/c1-15(2,14-9-7-6-8-10-14)13-17-12-11-16(3,4)18-5/h6-10,17H,11-13H2,1-5H3. The fourth-order valence-corrected chi connectivity index (χ4v) is 1.88. The third-order valence-corrected chi connectivity index (χ3v) is 3.58. The lowest BCUT2D eigenvalue weighted by Gasteiger charge is -2.28. The van der Waals surface area contributed by atoms with E-state index in [-0.39, 0.29) is 11.0 Å². The van der Waals surface area contributed by atoms with Crippen molar-refractivity contribution in [1.29, 1.82) is 0 Å². The molecule has 0 heterocycles. The van der Waals surface area contributed by atoms with E-state index >= 15 is 0 Å². The molecule has 0 aliphatic heterocycles. The third-order valence-electron chi connectivity index (χ3n) is 3.58. The number of hydrogen-bond donors (Lipinski definition) is 1. The van der Waals surface area contributed by atoms with Gasteiger partial charge in [0, 0.05) is 19.1 Å². The van der Waals surface area contributed by atoms with Gasteiger partial charge in [-0.2, -0.15) is 0 Å². The van der Waals surface area contributed by atoms with Gasteiger partial charge in [-0.25, -0.2) is 0 Å². The van der Waals surface area contributed by atoms with Crippen LogP contribution in [0.3, 0.4) is 0 Å². The van der Waals surface area contributed by atoms with E-state index in [0.29, 0.717) is 0 Å². The minimum atomic E-state index is -0.0378. The van der Waals surface area contributed by atoms with Crippen molar-refractivity contribution < 1.29 is 4.74 Å². The van der Waals surface area contributed by atoms with Gasteiger partial charge >= 0.3 is 0 Å². The molecular formula is C16H27NO. The van der Waals surface area contributed by atoms with Crippen LogP contribution in [-0.2, 0) is 10.2 Å². The van der Waals surface area contributed by atoms with Crippen LogP contribution >= 0.6 is 0 Å². The second kappa shape index (κ2) is 6.35. The summed E-state index contributed by atoms with van der Waals surface area (Å²) in [6.07, 6.45) is 1.02. The Kier molecular flexibility index (Phi) is 5.36. The fraction of sp³-hybridized carbons (Fsp3) is 0.625. The minimum Gasteiger partial charge on any atom is -0.379 e. The molecule has 0 spiro atoms. The highest BCUT2D eigenvalue weighted by molar-refractivity contribution is 5.23. The largest absolute Gasteiger partial charge is 0.379 e. The first kappa shape index (κ1) is 15.2. The minimum absolute atomic E-state index is 0.0378. The summed E-state index contributed by atoms with van der Waals surface area (Å²) >= 11 is 0. The number of methoxy groups -OCH3 is 1. The van der Waals surface area contributed by atoms with Gasteiger partial charge < -0.3 is 10.1 Å². The van der Waals surface area contributed by atoms with Gasteiger partial charge in [0.25, 0.3) is 0 Å². The summed E-state index contributed by atoms with van der Waals surface area (Å²) in [7, 11) is 1.77. The van der Waals surface area contributed by atoms with E-state index < -0.39 is 0 Å². The highest BCUT2D eigenvalue weighted by Crippen LogP contribution is 2.21. The first-order chi connectivity index (χ1) is 8.37. The predicted octanol–water partition coefficient (Wildman–Crippen LogP) is 3.37. The van der Waals surface area contributed by atoms with Gasteiger partial charge in [0.1, 0.15) is 0 Å². The van der Waals surface area contributed by atoms with E-state index in [4.69, 9.17) is 4.74 Å². The quantitative estimate of drug-likeness (QED) is 0.748. The van der Waals surface area contributed by atoms with Gasteiger partial charge in [0.15, 0.2) is 0 Å². The molecule has 1 aromatic rings. The van der Waals surface area contributed by atoms with Crippen LogP contribution in [0.2, 0.25) is 0 Å². The molecule has 0 bridgehead atoms. The second-order valence-electron chi connectivity index (χ2n) is 6.14. The Labute approximate surface area is 112 Å². The monoisotopic (exact) mass is 249 g/mol. The van der Waals surface area contributed by atoms with Gasteiger partial charge in [0.05, 0.1) is 5.60 Å². The van der Waals surface area contributed by atoms with Crippen LogP contribution in [0.25, 0.3) is 0 Å². The number of rotatable bonds is 7. The number of benzene rings is 1. The maximum atomic E-state index is 5.41. The van der Waals surface area contributed by atoms with E-state index in [9.17, 15) is 0 Å². The smallest absolute Gasteiger partial charge is 0.0634 e. The number of hydrogen-bond acceptors (Lipinski definition) is 2. The Hall–Kier alpha value is -0.860. The van der Waals surface area contributed by atoms with Crippen LogP contribution in [0.15, 0.2) is 30.3 Å². The molecular weight excluding hydrogens is 222 g/mol. The van der Waals surface area contributed by atoms with Gasteiger partial charge in [-0.1, -0.05) is 44.2 Å². The van der Waals surface area contributed by atoms with Crippen molar-refractivity contribution >= 4 is 0 Å². The molecule has 0 aromatic heterocycles. The van der Waals surface area contributed by atoms with E-state index in [1.165, 1.54) is 5.56 Å². The zero-order valence-corrected chi connectivity index (χ0v) is 12.4. The molecule has 0 unspecified atom stereocenters. The van der Waals surface area contributed by atoms with Crippen LogP contribution in [-0.4, -0.2) is 25.8 Å². The number of nitrogens with one attached hydrogen (secondary N) is 1. The first-order valence-electron chi connectivity index (χ1n) is 6.69. The van der Waals surface area contributed by atoms with Gasteiger partial charge in [-0.15, -0.1) is 0 Å². The molecule has 1 N–H and O–H groups in total. The molecule has 0 saturated carbocycles. The molecule has 0 atom stereocenters. The average Bonchev–Trinajstić information content (AvgIpc) is 2.36. The fourth-order valence-electron chi connectivity index (χ4n) is 1.88. The second-order valence-corrected chi connectivity index (χ2v) is 6.14. The van der Waals surface area contributed by atoms with Crippen molar-refractivity contribution in [3.63, 3.8) is 0 Å². The Morgan fingerprint density at radius 2 is 1.67 bits per heavy atom. The topological polar surface area (TPSA) is 21.3 Å². The Bertz CT molecular complexity index is 343. The molecule has 0 radical (unpaired) electrons. The Balaban J connectivity index is 2.39. The van der Waals surface area contributed by atoms with Gasteiger partial charge in [0.2, 0.25) is 0 Å². The van der Waals surface area contributed by atoms with Crippen molar-refractivity contribution in [2.45, 2.75) is 45.1 Å². The van der Waals surface area contributed by atoms with Crippen molar-refractivity contribution in [3.05, 3.63) is 35.9 Å². The van der Waals surface area contributed by atoms with Crippen LogP contribution < -0.4 is 5.32 Å². The summed E-state index contributed by atoms with van der Waals surface area (Å²) in [5.41, 5.74) is 1.51. The van der Waals surface area contributed by atoms with Crippen molar-refractivity contribution in [2.24, 2.45) is 0 Å². The van der Waals surface area contributed by atoms with Crippen molar-refractivity contribution in [2.75, 3.05) is 20.2 Å². The SMILES string of the molecule is COC(C)(C)CCNCC(C)(C)c1ccccc1. The van der Waals surface area contributed by atoms with Crippen molar-refractivity contribution in [3.8, 4) is 0 Å². The Morgan fingerprint density at radius 3 is 2.22 bits per heavy atom. The average molecular weight is 249 g/mol. The lowest BCUT2D eigenvalue weighted by Crippen LogP contribution is -2.36. The highest BCUT2D eigenvalue weighted by atomic mass is 16.5. The molecule has 0 saturated heterocycles. The molecule has 1 aromatic carbocycles. The van der Waals surface area contributed by atoms with E-state index in [0.717, 1.165) is 19.5 Å².